The molecule has 0 rings (SSSR count). The number of rotatable bonds is 3. The van der Waals surface area contributed by atoms with Gasteiger partial charge >= 0.3 is 0 Å². The Kier molecular flexibility index (Phi) is 3.55. The molecule has 10 heavy (non-hydrogen) atoms. The SMILES string of the molecule is CC(Cl)(CC(O)O)C(O)O. The molecule has 0 bridgehead atoms. The molecule has 0 aliphatic rings. The molecule has 62 valence electrons. The van der Waals surface area contributed by atoms with Crippen LogP contribution in [0.2, 0.25) is 0 Å². The van der Waals surface area contributed by atoms with Crippen LogP contribution in [0.25, 0.3) is 0 Å². The second-order valence-corrected chi connectivity index (χ2v) is 3.20. The van der Waals surface area contributed by atoms with Crippen LogP contribution in [0.3, 0.4) is 0 Å². The summed E-state index contributed by atoms with van der Waals surface area (Å²) in [6.45, 7) is 1.30. The lowest BCUT2D eigenvalue weighted by molar-refractivity contribution is -0.108. The molecule has 0 aromatic heterocycles. The highest BCUT2D eigenvalue weighted by Gasteiger charge is 2.31. The minimum atomic E-state index is -1.75. The van der Waals surface area contributed by atoms with E-state index in [0.717, 1.165) is 0 Å². The number of hydrogen-bond donors (Lipinski definition) is 4. The molecule has 0 saturated carbocycles. The van der Waals surface area contributed by atoms with Crippen molar-refractivity contribution >= 4 is 11.6 Å². The monoisotopic (exact) mass is 170 g/mol. The number of aliphatic hydroxyl groups is 4. The summed E-state index contributed by atoms with van der Waals surface area (Å²) in [7, 11) is 0. The van der Waals surface area contributed by atoms with E-state index in [4.69, 9.17) is 32.0 Å². The molecule has 0 aromatic rings. The average Bonchev–Trinajstić information content (AvgIpc) is 1.60. The highest BCUT2D eigenvalue weighted by Crippen LogP contribution is 2.23. The van der Waals surface area contributed by atoms with Crippen LogP contribution in [0.5, 0.6) is 0 Å². The Morgan fingerprint density at radius 3 is 1.80 bits per heavy atom. The molecule has 0 spiro atoms. The summed E-state index contributed by atoms with van der Waals surface area (Å²) in [5.41, 5.74) is 0. The normalized spacial score (nSPS) is 18.0. The average molecular weight is 171 g/mol. The summed E-state index contributed by atoms with van der Waals surface area (Å²) >= 11 is 5.45. The van der Waals surface area contributed by atoms with Crippen LogP contribution < -0.4 is 0 Å². The van der Waals surface area contributed by atoms with Crippen LogP contribution in [-0.2, 0) is 0 Å². The minimum Gasteiger partial charge on any atom is -0.368 e. The highest BCUT2D eigenvalue weighted by molar-refractivity contribution is 6.24. The summed E-state index contributed by atoms with van der Waals surface area (Å²) in [4.78, 5) is -1.39. The van der Waals surface area contributed by atoms with Crippen LogP contribution in [0.1, 0.15) is 13.3 Å². The van der Waals surface area contributed by atoms with Gasteiger partial charge in [0.2, 0.25) is 0 Å². The van der Waals surface area contributed by atoms with Gasteiger partial charge in [-0.25, -0.2) is 0 Å². The quantitative estimate of drug-likeness (QED) is 0.324. The third-order valence-corrected chi connectivity index (χ3v) is 1.47. The summed E-state index contributed by atoms with van der Waals surface area (Å²) in [5, 5.41) is 33.8. The fraction of sp³-hybridized carbons (Fsp3) is 1.00. The third kappa shape index (κ3) is 3.34. The highest BCUT2D eigenvalue weighted by atomic mass is 35.5. The molecule has 5 heteroatoms. The molecule has 0 radical (unpaired) electrons. The van der Waals surface area contributed by atoms with Gasteiger partial charge < -0.3 is 20.4 Å². The Labute approximate surface area is 63.7 Å². The number of hydrogen-bond acceptors (Lipinski definition) is 4. The van der Waals surface area contributed by atoms with E-state index in [-0.39, 0.29) is 6.42 Å². The van der Waals surface area contributed by atoms with Crippen molar-refractivity contribution in [3.05, 3.63) is 0 Å². The smallest absolute Gasteiger partial charge is 0.170 e. The first-order valence-corrected chi connectivity index (χ1v) is 3.15. The topological polar surface area (TPSA) is 80.9 Å². The number of halogens is 1. The second kappa shape index (κ2) is 3.50. The van der Waals surface area contributed by atoms with Crippen molar-refractivity contribution in [2.75, 3.05) is 0 Å². The lowest BCUT2D eigenvalue weighted by Crippen LogP contribution is -2.36. The van der Waals surface area contributed by atoms with Gasteiger partial charge in [0.05, 0.1) is 4.87 Å². The second-order valence-electron chi connectivity index (χ2n) is 2.34. The van der Waals surface area contributed by atoms with Crippen molar-refractivity contribution in [1.82, 2.24) is 0 Å². The van der Waals surface area contributed by atoms with E-state index >= 15 is 0 Å². The van der Waals surface area contributed by atoms with E-state index < -0.39 is 17.5 Å². The molecule has 1 atom stereocenters. The van der Waals surface area contributed by atoms with Crippen molar-refractivity contribution in [1.29, 1.82) is 0 Å². The lowest BCUT2D eigenvalue weighted by atomic mass is 10.1. The standard InChI is InChI=1S/C5H11ClO4/c1-5(6,4(9)10)2-3(7)8/h3-4,7-10H,2H2,1H3. The third-order valence-electron chi connectivity index (χ3n) is 1.12. The summed E-state index contributed by atoms with van der Waals surface area (Å²) in [6.07, 6.45) is -3.66. The van der Waals surface area contributed by atoms with Gasteiger partial charge in [-0.05, 0) is 6.92 Å². The van der Waals surface area contributed by atoms with Gasteiger partial charge in [0, 0.05) is 6.42 Å². The fourth-order valence-electron chi connectivity index (χ4n) is 0.462. The van der Waals surface area contributed by atoms with Gasteiger partial charge in [-0.2, -0.15) is 0 Å². The summed E-state index contributed by atoms with van der Waals surface area (Å²) in [5.74, 6) is 0. The zero-order valence-electron chi connectivity index (χ0n) is 5.53. The van der Waals surface area contributed by atoms with E-state index in [1.807, 2.05) is 0 Å². The van der Waals surface area contributed by atoms with Crippen LogP contribution in [0.15, 0.2) is 0 Å². The van der Waals surface area contributed by atoms with Crippen LogP contribution >= 0.6 is 11.6 Å². The Bertz CT molecular complexity index is 102. The molecule has 4 nitrogen and oxygen atoms in total. The van der Waals surface area contributed by atoms with Crippen molar-refractivity contribution in [2.45, 2.75) is 30.8 Å². The predicted molar refractivity (Wildman–Crippen MR) is 35.3 cm³/mol. The molecule has 0 heterocycles. The number of alkyl halides is 1. The van der Waals surface area contributed by atoms with E-state index in [2.05, 4.69) is 0 Å². The van der Waals surface area contributed by atoms with Gasteiger partial charge in [0.1, 0.15) is 0 Å². The van der Waals surface area contributed by atoms with Gasteiger partial charge in [0.15, 0.2) is 12.6 Å². The zero-order valence-corrected chi connectivity index (χ0v) is 6.28. The molecule has 0 aliphatic heterocycles. The largest absolute Gasteiger partial charge is 0.368 e. The van der Waals surface area contributed by atoms with Crippen LogP contribution in [0.4, 0.5) is 0 Å². The first-order valence-electron chi connectivity index (χ1n) is 2.77. The van der Waals surface area contributed by atoms with Gasteiger partial charge in [0.25, 0.3) is 0 Å². The van der Waals surface area contributed by atoms with Crippen molar-refractivity contribution in [2.24, 2.45) is 0 Å². The maximum atomic E-state index is 8.53. The van der Waals surface area contributed by atoms with Gasteiger partial charge in [-0.3, -0.25) is 0 Å². The van der Waals surface area contributed by atoms with Gasteiger partial charge in [-0.1, -0.05) is 0 Å². The molecule has 0 aliphatic carbocycles. The molecule has 0 saturated heterocycles. The van der Waals surface area contributed by atoms with Crippen molar-refractivity contribution < 1.29 is 20.4 Å². The van der Waals surface area contributed by atoms with Gasteiger partial charge in [-0.15, -0.1) is 11.6 Å². The maximum Gasteiger partial charge on any atom is 0.170 e. The van der Waals surface area contributed by atoms with E-state index in [1.165, 1.54) is 6.92 Å². The molecular formula is C5H11ClO4. The zero-order chi connectivity index (χ0) is 8.36. The Morgan fingerprint density at radius 1 is 1.30 bits per heavy atom. The maximum absolute atomic E-state index is 8.53. The Balaban J connectivity index is 3.87. The summed E-state index contributed by atoms with van der Waals surface area (Å²) in [6, 6.07) is 0. The van der Waals surface area contributed by atoms with Crippen molar-refractivity contribution in [3.63, 3.8) is 0 Å². The molecule has 4 N–H and O–H groups in total. The van der Waals surface area contributed by atoms with E-state index in [0.29, 0.717) is 0 Å². The van der Waals surface area contributed by atoms with E-state index in [9.17, 15) is 0 Å². The molecule has 0 aromatic carbocycles. The first kappa shape index (κ1) is 10.1. The minimum absolute atomic E-state index is 0.285. The number of aliphatic hydroxyl groups excluding tert-OH is 2. The van der Waals surface area contributed by atoms with Crippen molar-refractivity contribution in [3.8, 4) is 0 Å². The molecule has 1 unspecified atom stereocenters. The Morgan fingerprint density at radius 2 is 1.70 bits per heavy atom. The summed E-state index contributed by atoms with van der Waals surface area (Å²) < 4.78 is 0. The molecular weight excluding hydrogens is 160 g/mol. The molecule has 0 amide bonds. The fourth-order valence-corrected chi connectivity index (χ4v) is 0.600. The van der Waals surface area contributed by atoms with Crippen LogP contribution in [-0.4, -0.2) is 37.9 Å². The predicted octanol–water partition coefficient (Wildman–Crippen LogP) is -1.00. The first-order chi connectivity index (χ1) is 4.36. The van der Waals surface area contributed by atoms with Crippen LogP contribution in [0, 0.1) is 0 Å². The Hall–Kier alpha value is 0.130. The van der Waals surface area contributed by atoms with E-state index in [1.54, 1.807) is 0 Å². The molecule has 0 fully saturated rings. The lowest BCUT2D eigenvalue weighted by Gasteiger charge is -2.24.